The first kappa shape index (κ1) is 18.1. The number of esters is 1. The Hall–Kier alpha value is -2.28. The van der Waals surface area contributed by atoms with Gasteiger partial charge >= 0.3 is 5.97 Å². The van der Waals surface area contributed by atoms with Crippen LogP contribution >= 0.6 is 11.8 Å². The van der Waals surface area contributed by atoms with E-state index in [-0.39, 0.29) is 17.8 Å². The van der Waals surface area contributed by atoms with Gasteiger partial charge < -0.3 is 9.47 Å². The molecule has 1 aromatic carbocycles. The highest BCUT2D eigenvalue weighted by atomic mass is 32.2. The zero-order valence-corrected chi connectivity index (χ0v) is 14.9. The van der Waals surface area contributed by atoms with Crippen molar-refractivity contribution in [3.8, 4) is 5.75 Å². The molecule has 24 heavy (non-hydrogen) atoms. The van der Waals surface area contributed by atoms with Gasteiger partial charge in [0.05, 0.1) is 12.9 Å². The molecule has 2 aromatic rings. The summed E-state index contributed by atoms with van der Waals surface area (Å²) in [4.78, 5) is 11.3. The van der Waals surface area contributed by atoms with Crippen molar-refractivity contribution in [2.24, 2.45) is 0 Å². The van der Waals surface area contributed by atoms with Crippen LogP contribution in [0, 0.1) is 6.92 Å². The highest BCUT2D eigenvalue weighted by Gasteiger charge is 2.19. The molecule has 1 atom stereocenters. The van der Waals surface area contributed by atoms with Crippen molar-refractivity contribution in [3.63, 3.8) is 0 Å². The molecule has 0 amide bonds. The van der Waals surface area contributed by atoms with Crippen LogP contribution in [0.2, 0.25) is 0 Å². The van der Waals surface area contributed by atoms with Gasteiger partial charge in [-0.1, -0.05) is 35.5 Å². The number of allylic oxidation sites excluding steroid dienone is 1. The monoisotopic (exact) mass is 347 g/mol. The molecule has 128 valence electrons. The van der Waals surface area contributed by atoms with Crippen molar-refractivity contribution in [2.75, 3.05) is 12.9 Å². The lowest BCUT2D eigenvalue weighted by molar-refractivity contribution is -0.137. The SMILES string of the molecule is C=CCn1c(SCC(=O)OC)nnc1C(C)Oc1ccc(C)cc1. The third-order valence-electron chi connectivity index (χ3n) is 3.30. The first-order valence-corrected chi connectivity index (χ1v) is 8.50. The quantitative estimate of drug-likeness (QED) is 0.415. The number of benzene rings is 1. The van der Waals surface area contributed by atoms with Crippen molar-refractivity contribution in [1.82, 2.24) is 14.8 Å². The number of carbonyl (C=O) groups is 1. The molecule has 0 bridgehead atoms. The summed E-state index contributed by atoms with van der Waals surface area (Å²) in [6.45, 7) is 8.24. The van der Waals surface area contributed by atoms with Gasteiger partial charge in [-0.25, -0.2) is 0 Å². The van der Waals surface area contributed by atoms with E-state index in [4.69, 9.17) is 4.74 Å². The molecule has 7 heteroatoms. The molecule has 1 heterocycles. The Bertz CT molecular complexity index is 698. The highest BCUT2D eigenvalue weighted by Crippen LogP contribution is 2.25. The molecular formula is C17H21N3O3S. The van der Waals surface area contributed by atoms with Gasteiger partial charge in [-0.05, 0) is 26.0 Å². The van der Waals surface area contributed by atoms with E-state index in [0.29, 0.717) is 17.5 Å². The third kappa shape index (κ3) is 4.61. The fourth-order valence-corrected chi connectivity index (χ4v) is 2.85. The molecule has 0 saturated heterocycles. The van der Waals surface area contributed by atoms with Gasteiger partial charge in [0.15, 0.2) is 17.1 Å². The number of carbonyl (C=O) groups excluding carboxylic acids is 1. The van der Waals surface area contributed by atoms with E-state index in [2.05, 4.69) is 21.5 Å². The standard InChI is InChI=1S/C17H21N3O3S/c1-5-10-20-16(18-19-17(20)24-11-15(21)22-4)13(3)23-14-8-6-12(2)7-9-14/h5-9,13H,1,10-11H2,2-4H3. The number of nitrogens with zero attached hydrogens (tertiary/aromatic N) is 3. The van der Waals surface area contributed by atoms with Crippen molar-refractivity contribution >= 4 is 17.7 Å². The highest BCUT2D eigenvalue weighted by molar-refractivity contribution is 7.99. The summed E-state index contributed by atoms with van der Waals surface area (Å²) in [5.41, 5.74) is 1.17. The normalized spacial score (nSPS) is 11.8. The maximum absolute atomic E-state index is 11.3. The van der Waals surface area contributed by atoms with Crippen LogP contribution in [0.5, 0.6) is 5.75 Å². The fraction of sp³-hybridized carbons (Fsp3) is 0.353. The molecular weight excluding hydrogens is 326 g/mol. The van der Waals surface area contributed by atoms with Gasteiger partial charge in [-0.2, -0.15) is 0 Å². The first-order chi connectivity index (χ1) is 11.5. The number of thioether (sulfide) groups is 1. The van der Waals surface area contributed by atoms with Crippen LogP contribution in [0.4, 0.5) is 0 Å². The summed E-state index contributed by atoms with van der Waals surface area (Å²) in [7, 11) is 1.36. The molecule has 0 aliphatic heterocycles. The number of rotatable bonds is 8. The smallest absolute Gasteiger partial charge is 0.316 e. The van der Waals surface area contributed by atoms with Gasteiger partial charge in [0.25, 0.3) is 0 Å². The maximum Gasteiger partial charge on any atom is 0.316 e. The van der Waals surface area contributed by atoms with Crippen LogP contribution in [-0.2, 0) is 16.1 Å². The zero-order valence-electron chi connectivity index (χ0n) is 14.1. The minimum Gasteiger partial charge on any atom is -0.483 e. The Morgan fingerprint density at radius 1 is 1.38 bits per heavy atom. The summed E-state index contributed by atoms with van der Waals surface area (Å²) in [5.74, 6) is 1.32. The number of aromatic nitrogens is 3. The summed E-state index contributed by atoms with van der Waals surface area (Å²) in [6, 6.07) is 7.84. The first-order valence-electron chi connectivity index (χ1n) is 7.52. The van der Waals surface area contributed by atoms with Crippen LogP contribution in [0.15, 0.2) is 42.1 Å². The Balaban J connectivity index is 2.15. The summed E-state index contributed by atoms with van der Waals surface area (Å²) in [5, 5.41) is 9.01. The van der Waals surface area contributed by atoms with Crippen LogP contribution in [0.1, 0.15) is 24.4 Å². The second-order valence-corrected chi connectivity index (χ2v) is 6.12. The second-order valence-electron chi connectivity index (χ2n) is 5.18. The number of aryl methyl sites for hydroxylation is 1. The minimum absolute atomic E-state index is 0.180. The number of hydrogen-bond donors (Lipinski definition) is 0. The van der Waals surface area contributed by atoms with Gasteiger partial charge in [-0.15, -0.1) is 16.8 Å². The molecule has 6 nitrogen and oxygen atoms in total. The van der Waals surface area contributed by atoms with Crippen LogP contribution in [0.3, 0.4) is 0 Å². The molecule has 1 unspecified atom stereocenters. The molecule has 0 aliphatic rings. The Morgan fingerprint density at radius 2 is 2.08 bits per heavy atom. The summed E-state index contributed by atoms with van der Waals surface area (Å²) < 4.78 is 12.5. The molecule has 0 saturated carbocycles. The van der Waals surface area contributed by atoms with E-state index in [1.807, 2.05) is 42.7 Å². The molecule has 0 aliphatic carbocycles. The van der Waals surface area contributed by atoms with E-state index in [0.717, 1.165) is 5.75 Å². The fourth-order valence-electron chi connectivity index (χ4n) is 2.06. The molecule has 0 radical (unpaired) electrons. The van der Waals surface area contributed by atoms with Gasteiger partial charge in [0, 0.05) is 6.54 Å². The third-order valence-corrected chi connectivity index (χ3v) is 4.24. The topological polar surface area (TPSA) is 66.2 Å². The van der Waals surface area contributed by atoms with Crippen molar-refractivity contribution in [1.29, 1.82) is 0 Å². The molecule has 2 rings (SSSR count). The Morgan fingerprint density at radius 3 is 2.71 bits per heavy atom. The summed E-state index contributed by atoms with van der Waals surface area (Å²) >= 11 is 1.28. The number of hydrogen-bond acceptors (Lipinski definition) is 6. The molecule has 0 N–H and O–H groups in total. The van der Waals surface area contributed by atoms with E-state index >= 15 is 0 Å². The average molecular weight is 347 g/mol. The predicted octanol–water partition coefficient (Wildman–Crippen LogP) is 3.18. The van der Waals surface area contributed by atoms with Gasteiger partial charge in [0.2, 0.25) is 0 Å². The Kier molecular flexibility index (Phi) is 6.43. The van der Waals surface area contributed by atoms with E-state index in [9.17, 15) is 4.79 Å². The lowest BCUT2D eigenvalue weighted by Gasteiger charge is -2.15. The summed E-state index contributed by atoms with van der Waals surface area (Å²) in [6.07, 6.45) is 1.47. The van der Waals surface area contributed by atoms with Crippen molar-refractivity contribution < 1.29 is 14.3 Å². The number of methoxy groups -OCH3 is 1. The lowest BCUT2D eigenvalue weighted by Crippen LogP contribution is -2.12. The number of ether oxygens (including phenoxy) is 2. The van der Waals surface area contributed by atoms with Crippen LogP contribution in [-0.4, -0.2) is 33.6 Å². The van der Waals surface area contributed by atoms with E-state index < -0.39 is 0 Å². The predicted molar refractivity (Wildman–Crippen MR) is 93.2 cm³/mol. The molecule has 0 spiro atoms. The van der Waals surface area contributed by atoms with Gasteiger partial charge in [-0.3, -0.25) is 9.36 Å². The van der Waals surface area contributed by atoms with E-state index in [1.165, 1.54) is 24.4 Å². The van der Waals surface area contributed by atoms with Crippen LogP contribution < -0.4 is 4.74 Å². The molecule has 1 aromatic heterocycles. The van der Waals surface area contributed by atoms with E-state index in [1.54, 1.807) is 6.08 Å². The van der Waals surface area contributed by atoms with Gasteiger partial charge in [0.1, 0.15) is 5.75 Å². The Labute approximate surface area is 145 Å². The second kappa shape index (κ2) is 8.54. The average Bonchev–Trinajstić information content (AvgIpc) is 2.98. The minimum atomic E-state index is -0.307. The zero-order chi connectivity index (χ0) is 17.5. The van der Waals surface area contributed by atoms with Crippen molar-refractivity contribution in [3.05, 3.63) is 48.3 Å². The van der Waals surface area contributed by atoms with Crippen LogP contribution in [0.25, 0.3) is 0 Å². The molecule has 0 fully saturated rings. The van der Waals surface area contributed by atoms with Crippen molar-refractivity contribution in [2.45, 2.75) is 31.7 Å². The maximum atomic E-state index is 11.3. The largest absolute Gasteiger partial charge is 0.483 e. The lowest BCUT2D eigenvalue weighted by atomic mass is 10.2.